The first-order valence-corrected chi connectivity index (χ1v) is 6.16. The molecular formula is C13H8N2O2S. The summed E-state index contributed by atoms with van der Waals surface area (Å²) in [5.74, 6) is -0.957. The molecule has 0 bridgehead atoms. The van der Waals surface area contributed by atoms with E-state index in [1.165, 1.54) is 12.1 Å². The van der Waals surface area contributed by atoms with E-state index in [1.807, 2.05) is 17.5 Å². The highest BCUT2D eigenvalue weighted by Crippen LogP contribution is 2.23. The molecule has 3 rings (SSSR count). The van der Waals surface area contributed by atoms with Crippen molar-refractivity contribution in [3.05, 3.63) is 47.5 Å². The van der Waals surface area contributed by atoms with Crippen molar-refractivity contribution in [2.45, 2.75) is 0 Å². The highest BCUT2D eigenvalue weighted by molar-refractivity contribution is 7.13. The molecule has 0 unspecified atom stereocenters. The SMILES string of the molecule is O=C(O)c1ccc2nc(-c3cccs3)cnc2c1. The van der Waals surface area contributed by atoms with Gasteiger partial charge in [-0.05, 0) is 29.6 Å². The van der Waals surface area contributed by atoms with Crippen molar-refractivity contribution in [2.75, 3.05) is 0 Å². The third-order valence-corrected chi connectivity index (χ3v) is 3.46. The number of carbonyl (C=O) groups is 1. The fraction of sp³-hybridized carbons (Fsp3) is 0. The molecule has 0 aliphatic rings. The van der Waals surface area contributed by atoms with E-state index in [4.69, 9.17) is 5.11 Å². The normalized spacial score (nSPS) is 10.7. The number of thiophene rings is 1. The van der Waals surface area contributed by atoms with Gasteiger partial charge in [-0.1, -0.05) is 6.07 Å². The van der Waals surface area contributed by atoms with Gasteiger partial charge in [0.1, 0.15) is 0 Å². The van der Waals surface area contributed by atoms with Crippen molar-refractivity contribution in [3.63, 3.8) is 0 Å². The number of benzene rings is 1. The van der Waals surface area contributed by atoms with Crippen molar-refractivity contribution in [3.8, 4) is 10.6 Å². The Morgan fingerprint density at radius 1 is 1.22 bits per heavy atom. The molecule has 5 heteroatoms. The Kier molecular flexibility index (Phi) is 2.53. The second-order valence-corrected chi connectivity index (χ2v) is 4.69. The Labute approximate surface area is 107 Å². The summed E-state index contributed by atoms with van der Waals surface area (Å²) in [6.07, 6.45) is 1.67. The van der Waals surface area contributed by atoms with Gasteiger partial charge in [0.25, 0.3) is 0 Å². The first kappa shape index (κ1) is 10.9. The summed E-state index contributed by atoms with van der Waals surface area (Å²) < 4.78 is 0. The van der Waals surface area contributed by atoms with Gasteiger partial charge in [-0.3, -0.25) is 4.98 Å². The number of aromatic nitrogens is 2. The Bertz CT molecular complexity index is 723. The molecule has 1 aromatic carbocycles. The number of carboxylic acids is 1. The molecule has 2 heterocycles. The monoisotopic (exact) mass is 256 g/mol. The molecule has 0 saturated carbocycles. The Morgan fingerprint density at radius 3 is 2.83 bits per heavy atom. The molecule has 0 amide bonds. The quantitative estimate of drug-likeness (QED) is 0.765. The molecular weight excluding hydrogens is 248 g/mol. The van der Waals surface area contributed by atoms with Crippen LogP contribution < -0.4 is 0 Å². The fourth-order valence-corrected chi connectivity index (χ4v) is 2.37. The van der Waals surface area contributed by atoms with Crippen molar-refractivity contribution in [1.82, 2.24) is 9.97 Å². The molecule has 88 valence electrons. The first-order chi connectivity index (χ1) is 8.74. The van der Waals surface area contributed by atoms with Gasteiger partial charge < -0.3 is 5.11 Å². The van der Waals surface area contributed by atoms with E-state index in [2.05, 4.69) is 9.97 Å². The number of hydrogen-bond acceptors (Lipinski definition) is 4. The summed E-state index contributed by atoms with van der Waals surface area (Å²) in [5, 5.41) is 10.9. The molecule has 1 N–H and O–H groups in total. The standard InChI is InChI=1S/C13H8N2O2S/c16-13(17)8-3-4-9-10(6-8)14-7-11(15-9)12-2-1-5-18-12/h1-7H,(H,16,17). The molecule has 18 heavy (non-hydrogen) atoms. The second kappa shape index (κ2) is 4.19. The number of hydrogen-bond donors (Lipinski definition) is 1. The maximum atomic E-state index is 10.9. The van der Waals surface area contributed by atoms with E-state index in [0.29, 0.717) is 11.0 Å². The van der Waals surface area contributed by atoms with Crippen molar-refractivity contribution in [1.29, 1.82) is 0 Å². The second-order valence-electron chi connectivity index (χ2n) is 3.74. The van der Waals surface area contributed by atoms with Gasteiger partial charge in [-0.25, -0.2) is 9.78 Å². The third-order valence-electron chi connectivity index (χ3n) is 2.56. The zero-order chi connectivity index (χ0) is 12.5. The van der Waals surface area contributed by atoms with Crippen LogP contribution in [0.5, 0.6) is 0 Å². The molecule has 0 aliphatic heterocycles. The van der Waals surface area contributed by atoms with Gasteiger partial charge in [-0.15, -0.1) is 11.3 Å². The molecule has 4 nitrogen and oxygen atoms in total. The molecule has 3 aromatic rings. The largest absolute Gasteiger partial charge is 0.478 e. The zero-order valence-corrected chi connectivity index (χ0v) is 10.0. The highest BCUT2D eigenvalue weighted by atomic mass is 32.1. The summed E-state index contributed by atoms with van der Waals surface area (Å²) in [4.78, 5) is 20.6. The predicted molar refractivity (Wildman–Crippen MR) is 69.8 cm³/mol. The molecule has 0 aliphatic carbocycles. The van der Waals surface area contributed by atoms with Crippen LogP contribution in [0.1, 0.15) is 10.4 Å². The van der Waals surface area contributed by atoms with Crippen LogP contribution in [0.2, 0.25) is 0 Å². The summed E-state index contributed by atoms with van der Waals surface area (Å²) >= 11 is 1.60. The van der Waals surface area contributed by atoms with Gasteiger partial charge in [0.2, 0.25) is 0 Å². The average molecular weight is 256 g/mol. The minimum atomic E-state index is -0.957. The van der Waals surface area contributed by atoms with Crippen molar-refractivity contribution >= 4 is 28.3 Å². The molecule has 0 saturated heterocycles. The number of nitrogens with zero attached hydrogens (tertiary/aromatic N) is 2. The summed E-state index contributed by atoms with van der Waals surface area (Å²) in [5.41, 5.74) is 2.32. The van der Waals surface area contributed by atoms with E-state index < -0.39 is 5.97 Å². The maximum absolute atomic E-state index is 10.9. The van der Waals surface area contributed by atoms with Crippen LogP contribution in [-0.4, -0.2) is 21.0 Å². The van der Waals surface area contributed by atoms with Gasteiger partial charge >= 0.3 is 5.97 Å². The molecule has 0 fully saturated rings. The maximum Gasteiger partial charge on any atom is 0.335 e. The van der Waals surface area contributed by atoms with Crippen LogP contribution >= 0.6 is 11.3 Å². The Hall–Kier alpha value is -2.27. The van der Waals surface area contributed by atoms with E-state index in [1.54, 1.807) is 23.6 Å². The topological polar surface area (TPSA) is 63.1 Å². The third kappa shape index (κ3) is 1.84. The van der Waals surface area contributed by atoms with Crippen LogP contribution in [0.3, 0.4) is 0 Å². The summed E-state index contributed by atoms with van der Waals surface area (Å²) in [6, 6.07) is 8.69. The Morgan fingerprint density at radius 2 is 2.11 bits per heavy atom. The molecule has 0 spiro atoms. The zero-order valence-electron chi connectivity index (χ0n) is 9.20. The number of rotatable bonds is 2. The predicted octanol–water partition coefficient (Wildman–Crippen LogP) is 3.06. The minimum absolute atomic E-state index is 0.223. The fourth-order valence-electron chi connectivity index (χ4n) is 1.69. The van der Waals surface area contributed by atoms with Crippen LogP contribution in [-0.2, 0) is 0 Å². The lowest BCUT2D eigenvalue weighted by Crippen LogP contribution is -1.96. The van der Waals surface area contributed by atoms with Gasteiger partial charge in [0.05, 0.1) is 33.4 Å². The van der Waals surface area contributed by atoms with Gasteiger partial charge in [0, 0.05) is 0 Å². The van der Waals surface area contributed by atoms with E-state index in [9.17, 15) is 4.79 Å². The van der Waals surface area contributed by atoms with Crippen molar-refractivity contribution in [2.24, 2.45) is 0 Å². The number of fused-ring (bicyclic) bond motifs is 1. The Balaban J connectivity index is 2.14. The van der Waals surface area contributed by atoms with Gasteiger partial charge in [-0.2, -0.15) is 0 Å². The van der Waals surface area contributed by atoms with Crippen LogP contribution in [0.15, 0.2) is 41.9 Å². The lowest BCUT2D eigenvalue weighted by molar-refractivity contribution is 0.0697. The number of aromatic carboxylic acids is 1. The van der Waals surface area contributed by atoms with Crippen LogP contribution in [0.25, 0.3) is 21.6 Å². The lowest BCUT2D eigenvalue weighted by Gasteiger charge is -2.01. The summed E-state index contributed by atoms with van der Waals surface area (Å²) in [7, 11) is 0. The summed E-state index contributed by atoms with van der Waals surface area (Å²) in [6.45, 7) is 0. The van der Waals surface area contributed by atoms with E-state index in [0.717, 1.165) is 10.6 Å². The molecule has 0 radical (unpaired) electrons. The van der Waals surface area contributed by atoms with E-state index in [-0.39, 0.29) is 5.56 Å². The minimum Gasteiger partial charge on any atom is -0.478 e. The first-order valence-electron chi connectivity index (χ1n) is 5.28. The van der Waals surface area contributed by atoms with Crippen LogP contribution in [0, 0.1) is 0 Å². The highest BCUT2D eigenvalue weighted by Gasteiger charge is 2.07. The molecule has 2 aromatic heterocycles. The van der Waals surface area contributed by atoms with E-state index >= 15 is 0 Å². The molecule has 0 atom stereocenters. The average Bonchev–Trinajstić information content (AvgIpc) is 2.91. The van der Waals surface area contributed by atoms with Crippen LogP contribution in [0.4, 0.5) is 0 Å². The van der Waals surface area contributed by atoms with Crippen molar-refractivity contribution < 1.29 is 9.90 Å². The lowest BCUT2D eigenvalue weighted by atomic mass is 10.2. The number of carboxylic acid groups (broad SMARTS) is 1. The van der Waals surface area contributed by atoms with Gasteiger partial charge in [0.15, 0.2) is 0 Å². The smallest absolute Gasteiger partial charge is 0.335 e.